The Morgan fingerprint density at radius 3 is 2.57 bits per heavy atom. The van der Waals surface area contributed by atoms with Crippen LogP contribution in [0.5, 0.6) is 0 Å². The lowest BCUT2D eigenvalue weighted by atomic mass is 10.2. The second-order valence-corrected chi connectivity index (χ2v) is 8.09. The second-order valence-electron chi connectivity index (χ2n) is 5.44. The molecule has 1 saturated carbocycles. The quantitative estimate of drug-likeness (QED) is 0.704. The molecular formula is C14H20Cl2N2O2S. The summed E-state index contributed by atoms with van der Waals surface area (Å²) in [6.45, 7) is 2.69. The van der Waals surface area contributed by atoms with Gasteiger partial charge in [-0.2, -0.15) is 0 Å². The molecule has 2 rings (SSSR count). The van der Waals surface area contributed by atoms with Crippen molar-refractivity contribution in [1.82, 2.24) is 5.32 Å². The van der Waals surface area contributed by atoms with Gasteiger partial charge in [0, 0.05) is 11.1 Å². The molecule has 1 fully saturated rings. The van der Waals surface area contributed by atoms with E-state index in [1.54, 1.807) is 12.1 Å². The average molecular weight is 351 g/mol. The highest BCUT2D eigenvalue weighted by atomic mass is 35.5. The third-order valence-corrected chi connectivity index (χ3v) is 5.44. The van der Waals surface area contributed by atoms with Crippen LogP contribution >= 0.6 is 23.2 Å². The molecule has 0 spiro atoms. The van der Waals surface area contributed by atoms with Crippen LogP contribution in [0.3, 0.4) is 0 Å². The van der Waals surface area contributed by atoms with Gasteiger partial charge in [0.2, 0.25) is 10.0 Å². The molecule has 21 heavy (non-hydrogen) atoms. The predicted octanol–water partition coefficient (Wildman–Crippen LogP) is 3.58. The maximum absolute atomic E-state index is 12.0. The summed E-state index contributed by atoms with van der Waals surface area (Å²) in [5, 5.41) is 4.21. The van der Waals surface area contributed by atoms with Crippen molar-refractivity contribution in [3.05, 3.63) is 27.7 Å². The molecule has 118 valence electrons. The molecule has 0 amide bonds. The molecule has 1 aliphatic carbocycles. The van der Waals surface area contributed by atoms with Crippen molar-refractivity contribution in [1.29, 1.82) is 0 Å². The van der Waals surface area contributed by atoms with E-state index in [0.29, 0.717) is 28.2 Å². The Morgan fingerprint density at radius 1 is 1.19 bits per heavy atom. The zero-order valence-corrected chi connectivity index (χ0v) is 14.3. The third kappa shape index (κ3) is 5.66. The maximum atomic E-state index is 12.0. The highest BCUT2D eigenvalue weighted by Crippen LogP contribution is 2.29. The van der Waals surface area contributed by atoms with Gasteiger partial charge in [-0.1, -0.05) is 23.2 Å². The van der Waals surface area contributed by atoms with Crippen LogP contribution in [0, 0.1) is 6.92 Å². The van der Waals surface area contributed by atoms with Gasteiger partial charge in [-0.05, 0) is 56.8 Å². The van der Waals surface area contributed by atoms with Crippen molar-refractivity contribution in [2.75, 3.05) is 17.0 Å². The summed E-state index contributed by atoms with van der Waals surface area (Å²) < 4.78 is 26.6. The molecule has 0 aromatic heterocycles. The van der Waals surface area contributed by atoms with Crippen molar-refractivity contribution in [2.24, 2.45) is 0 Å². The predicted molar refractivity (Wildman–Crippen MR) is 88.9 cm³/mol. The SMILES string of the molecule is Cc1cc(Cl)c(NS(=O)(=O)CCCCNC2CC2)cc1Cl. The topological polar surface area (TPSA) is 58.2 Å². The van der Waals surface area contributed by atoms with Gasteiger partial charge in [-0.3, -0.25) is 4.72 Å². The first-order valence-corrected chi connectivity index (χ1v) is 9.48. The van der Waals surface area contributed by atoms with E-state index in [4.69, 9.17) is 23.2 Å². The van der Waals surface area contributed by atoms with Crippen LogP contribution in [-0.4, -0.2) is 26.8 Å². The number of benzene rings is 1. The molecule has 1 aliphatic rings. The first kappa shape index (κ1) is 16.9. The fraction of sp³-hybridized carbons (Fsp3) is 0.571. The molecule has 0 heterocycles. The fourth-order valence-electron chi connectivity index (χ4n) is 1.95. The van der Waals surface area contributed by atoms with Gasteiger partial charge >= 0.3 is 0 Å². The summed E-state index contributed by atoms with van der Waals surface area (Å²) in [7, 11) is -3.39. The van der Waals surface area contributed by atoms with E-state index >= 15 is 0 Å². The number of sulfonamides is 1. The Balaban J connectivity index is 1.83. The van der Waals surface area contributed by atoms with E-state index in [1.807, 2.05) is 6.92 Å². The Morgan fingerprint density at radius 2 is 1.90 bits per heavy atom. The molecule has 0 radical (unpaired) electrons. The molecule has 1 aromatic carbocycles. The average Bonchev–Trinajstić information content (AvgIpc) is 3.19. The molecule has 4 nitrogen and oxygen atoms in total. The van der Waals surface area contributed by atoms with E-state index in [1.165, 1.54) is 12.8 Å². The van der Waals surface area contributed by atoms with Crippen LogP contribution in [0.1, 0.15) is 31.2 Å². The number of unbranched alkanes of at least 4 members (excludes halogenated alkanes) is 1. The number of anilines is 1. The van der Waals surface area contributed by atoms with Crippen molar-refractivity contribution < 1.29 is 8.42 Å². The highest BCUT2D eigenvalue weighted by molar-refractivity contribution is 7.92. The molecule has 0 unspecified atom stereocenters. The lowest BCUT2D eigenvalue weighted by molar-refractivity contribution is 0.591. The van der Waals surface area contributed by atoms with Crippen LogP contribution in [0.2, 0.25) is 10.0 Å². The maximum Gasteiger partial charge on any atom is 0.232 e. The summed E-state index contributed by atoms with van der Waals surface area (Å²) in [5.74, 6) is 0.0845. The summed E-state index contributed by atoms with van der Waals surface area (Å²) in [6, 6.07) is 3.86. The van der Waals surface area contributed by atoms with Gasteiger partial charge < -0.3 is 5.32 Å². The normalized spacial score (nSPS) is 15.2. The van der Waals surface area contributed by atoms with Gasteiger partial charge in [0.1, 0.15) is 0 Å². The van der Waals surface area contributed by atoms with Crippen molar-refractivity contribution in [3.8, 4) is 0 Å². The number of rotatable bonds is 8. The van der Waals surface area contributed by atoms with E-state index in [0.717, 1.165) is 18.5 Å². The van der Waals surface area contributed by atoms with Crippen molar-refractivity contribution >= 4 is 38.9 Å². The number of hydrogen-bond donors (Lipinski definition) is 2. The molecule has 0 saturated heterocycles. The number of halogens is 2. The number of hydrogen-bond acceptors (Lipinski definition) is 3. The van der Waals surface area contributed by atoms with Gasteiger partial charge in [-0.15, -0.1) is 0 Å². The first-order chi connectivity index (χ1) is 9.87. The molecule has 0 bridgehead atoms. The van der Waals surface area contributed by atoms with Crippen LogP contribution in [0.15, 0.2) is 12.1 Å². The van der Waals surface area contributed by atoms with E-state index in [9.17, 15) is 8.42 Å². The Hall–Kier alpha value is -0.490. The van der Waals surface area contributed by atoms with Crippen molar-refractivity contribution in [2.45, 2.75) is 38.6 Å². The minimum Gasteiger partial charge on any atom is -0.314 e. The standard InChI is InChI=1S/C14H20Cl2N2O2S/c1-10-8-13(16)14(9-12(10)15)18-21(19,20)7-3-2-6-17-11-4-5-11/h8-9,11,17-18H,2-7H2,1H3. The Labute approximate surface area is 136 Å². The molecule has 7 heteroatoms. The monoisotopic (exact) mass is 350 g/mol. The molecule has 0 aliphatic heterocycles. The Bertz CT molecular complexity index is 601. The minimum absolute atomic E-state index is 0.0845. The van der Waals surface area contributed by atoms with Crippen LogP contribution in [0.4, 0.5) is 5.69 Å². The summed E-state index contributed by atoms with van der Waals surface area (Å²) >= 11 is 12.0. The highest BCUT2D eigenvalue weighted by Gasteiger charge is 2.19. The third-order valence-electron chi connectivity index (χ3n) is 3.36. The molecular weight excluding hydrogens is 331 g/mol. The van der Waals surface area contributed by atoms with Gasteiger partial charge in [0.15, 0.2) is 0 Å². The molecule has 1 aromatic rings. The summed E-state index contributed by atoms with van der Waals surface area (Å²) in [4.78, 5) is 0. The largest absolute Gasteiger partial charge is 0.314 e. The number of nitrogens with one attached hydrogen (secondary N) is 2. The lowest BCUT2D eigenvalue weighted by Crippen LogP contribution is -2.20. The van der Waals surface area contributed by atoms with Gasteiger partial charge in [0.25, 0.3) is 0 Å². The van der Waals surface area contributed by atoms with Crippen LogP contribution in [-0.2, 0) is 10.0 Å². The van der Waals surface area contributed by atoms with Gasteiger partial charge in [0.05, 0.1) is 16.5 Å². The van der Waals surface area contributed by atoms with Crippen LogP contribution in [0.25, 0.3) is 0 Å². The summed E-state index contributed by atoms with van der Waals surface area (Å²) in [6.07, 6.45) is 3.95. The van der Waals surface area contributed by atoms with Gasteiger partial charge in [-0.25, -0.2) is 8.42 Å². The van der Waals surface area contributed by atoms with E-state index < -0.39 is 10.0 Å². The molecule has 0 atom stereocenters. The lowest BCUT2D eigenvalue weighted by Gasteiger charge is -2.11. The second kappa shape index (κ2) is 7.18. The smallest absolute Gasteiger partial charge is 0.232 e. The van der Waals surface area contributed by atoms with Crippen LogP contribution < -0.4 is 10.0 Å². The Kier molecular flexibility index (Phi) is 5.77. The zero-order chi connectivity index (χ0) is 15.5. The number of aryl methyl sites for hydroxylation is 1. The zero-order valence-electron chi connectivity index (χ0n) is 12.0. The minimum atomic E-state index is -3.39. The summed E-state index contributed by atoms with van der Waals surface area (Å²) in [5.41, 5.74) is 1.15. The molecule has 2 N–H and O–H groups in total. The fourth-order valence-corrected chi connectivity index (χ4v) is 3.63. The first-order valence-electron chi connectivity index (χ1n) is 7.07. The van der Waals surface area contributed by atoms with E-state index in [2.05, 4.69) is 10.0 Å². The van der Waals surface area contributed by atoms with Crippen molar-refractivity contribution in [3.63, 3.8) is 0 Å². The van der Waals surface area contributed by atoms with E-state index in [-0.39, 0.29) is 5.75 Å².